The molecule has 14 heavy (non-hydrogen) atoms. The van der Waals surface area contributed by atoms with Crippen molar-refractivity contribution in [2.24, 2.45) is 0 Å². The number of nitriles is 1. The Bertz CT molecular complexity index is 467. The SMILES string of the molecule is N#CCNCc1csc2ccccc12. The van der Waals surface area contributed by atoms with E-state index < -0.39 is 0 Å². The Labute approximate surface area is 86.8 Å². The normalized spacial score (nSPS) is 10.2. The van der Waals surface area contributed by atoms with Gasteiger partial charge in [-0.25, -0.2) is 0 Å². The van der Waals surface area contributed by atoms with Crippen LogP contribution in [0.15, 0.2) is 29.6 Å². The standard InChI is InChI=1S/C11H10N2S/c12-5-6-13-7-9-8-14-11-4-2-1-3-10(9)11/h1-4,8,13H,6-7H2. The van der Waals surface area contributed by atoms with E-state index in [4.69, 9.17) is 5.26 Å². The van der Waals surface area contributed by atoms with Gasteiger partial charge in [-0.15, -0.1) is 11.3 Å². The van der Waals surface area contributed by atoms with E-state index in [0.717, 1.165) is 6.54 Å². The topological polar surface area (TPSA) is 35.8 Å². The summed E-state index contributed by atoms with van der Waals surface area (Å²) in [6, 6.07) is 10.4. The quantitative estimate of drug-likeness (QED) is 0.613. The zero-order valence-corrected chi connectivity index (χ0v) is 8.47. The van der Waals surface area contributed by atoms with Crippen molar-refractivity contribution in [1.82, 2.24) is 5.32 Å². The largest absolute Gasteiger partial charge is 0.300 e. The summed E-state index contributed by atoms with van der Waals surface area (Å²) in [4.78, 5) is 0. The Hall–Kier alpha value is -1.37. The minimum Gasteiger partial charge on any atom is -0.300 e. The Morgan fingerprint density at radius 1 is 1.36 bits per heavy atom. The van der Waals surface area contributed by atoms with Gasteiger partial charge in [-0.3, -0.25) is 0 Å². The second-order valence-corrected chi connectivity index (χ2v) is 3.93. The summed E-state index contributed by atoms with van der Waals surface area (Å²) in [5.74, 6) is 0. The van der Waals surface area contributed by atoms with Crippen molar-refractivity contribution >= 4 is 21.4 Å². The summed E-state index contributed by atoms with van der Waals surface area (Å²) in [6.45, 7) is 1.18. The fourth-order valence-electron chi connectivity index (χ4n) is 1.42. The third-order valence-corrected chi connectivity index (χ3v) is 3.09. The number of fused-ring (bicyclic) bond motifs is 1. The van der Waals surface area contributed by atoms with Crippen molar-refractivity contribution in [3.8, 4) is 6.07 Å². The van der Waals surface area contributed by atoms with E-state index >= 15 is 0 Å². The molecule has 70 valence electrons. The first-order chi connectivity index (χ1) is 6.92. The Kier molecular flexibility index (Phi) is 2.78. The molecular weight excluding hydrogens is 192 g/mol. The van der Waals surface area contributed by atoms with Gasteiger partial charge in [-0.05, 0) is 22.4 Å². The van der Waals surface area contributed by atoms with E-state index in [2.05, 4.69) is 28.9 Å². The Morgan fingerprint density at radius 3 is 3.07 bits per heavy atom. The van der Waals surface area contributed by atoms with Crippen LogP contribution in [0.5, 0.6) is 0 Å². The molecule has 3 heteroatoms. The first-order valence-electron chi connectivity index (χ1n) is 4.44. The van der Waals surface area contributed by atoms with Gasteiger partial charge < -0.3 is 5.32 Å². The predicted molar refractivity (Wildman–Crippen MR) is 59.1 cm³/mol. The fourth-order valence-corrected chi connectivity index (χ4v) is 2.39. The molecule has 0 aliphatic carbocycles. The highest BCUT2D eigenvalue weighted by molar-refractivity contribution is 7.17. The number of thiophene rings is 1. The highest BCUT2D eigenvalue weighted by atomic mass is 32.1. The maximum Gasteiger partial charge on any atom is 0.0843 e. The van der Waals surface area contributed by atoms with E-state index in [1.807, 2.05) is 12.1 Å². The molecule has 0 saturated heterocycles. The summed E-state index contributed by atoms with van der Waals surface area (Å²) >= 11 is 1.75. The lowest BCUT2D eigenvalue weighted by Gasteiger charge is -1.98. The lowest BCUT2D eigenvalue weighted by molar-refractivity contribution is 0.772. The molecule has 0 aliphatic rings. The first-order valence-corrected chi connectivity index (χ1v) is 5.32. The van der Waals surface area contributed by atoms with Crippen molar-refractivity contribution in [3.63, 3.8) is 0 Å². The van der Waals surface area contributed by atoms with Gasteiger partial charge in [-0.2, -0.15) is 5.26 Å². The zero-order valence-electron chi connectivity index (χ0n) is 7.66. The predicted octanol–water partition coefficient (Wildman–Crippen LogP) is 2.51. The lowest BCUT2D eigenvalue weighted by atomic mass is 10.2. The second kappa shape index (κ2) is 4.23. The van der Waals surface area contributed by atoms with Crippen LogP contribution in [-0.4, -0.2) is 6.54 Å². The van der Waals surface area contributed by atoms with Crippen molar-refractivity contribution < 1.29 is 0 Å². The molecule has 1 aromatic carbocycles. The van der Waals surface area contributed by atoms with Crippen LogP contribution in [-0.2, 0) is 6.54 Å². The number of hydrogen-bond donors (Lipinski definition) is 1. The van der Waals surface area contributed by atoms with Crippen LogP contribution in [0.25, 0.3) is 10.1 Å². The molecule has 0 amide bonds. The van der Waals surface area contributed by atoms with Crippen molar-refractivity contribution in [3.05, 3.63) is 35.2 Å². The highest BCUT2D eigenvalue weighted by Crippen LogP contribution is 2.25. The maximum atomic E-state index is 8.40. The van der Waals surface area contributed by atoms with Gasteiger partial charge in [0.05, 0.1) is 12.6 Å². The Morgan fingerprint density at radius 2 is 2.21 bits per heavy atom. The van der Waals surface area contributed by atoms with E-state index in [-0.39, 0.29) is 0 Å². The minimum atomic E-state index is 0.407. The van der Waals surface area contributed by atoms with Gasteiger partial charge in [0.1, 0.15) is 0 Å². The number of rotatable bonds is 3. The summed E-state index contributed by atoms with van der Waals surface area (Å²) in [7, 11) is 0. The molecule has 0 bridgehead atoms. The van der Waals surface area contributed by atoms with E-state index in [0.29, 0.717) is 6.54 Å². The number of benzene rings is 1. The molecule has 1 heterocycles. The van der Waals surface area contributed by atoms with Gasteiger partial charge in [0.2, 0.25) is 0 Å². The molecular formula is C11H10N2S. The Balaban J connectivity index is 2.22. The first kappa shape index (κ1) is 9.20. The molecule has 1 N–H and O–H groups in total. The van der Waals surface area contributed by atoms with Gasteiger partial charge in [0.15, 0.2) is 0 Å². The van der Waals surface area contributed by atoms with Crippen LogP contribution in [0.1, 0.15) is 5.56 Å². The fraction of sp³-hybridized carbons (Fsp3) is 0.182. The molecule has 0 aliphatic heterocycles. The number of hydrogen-bond acceptors (Lipinski definition) is 3. The van der Waals surface area contributed by atoms with Crippen LogP contribution in [0.3, 0.4) is 0 Å². The molecule has 2 rings (SSSR count). The molecule has 0 spiro atoms. The minimum absolute atomic E-state index is 0.407. The molecule has 0 saturated carbocycles. The van der Waals surface area contributed by atoms with Crippen LogP contribution < -0.4 is 5.32 Å². The van der Waals surface area contributed by atoms with Crippen molar-refractivity contribution in [2.45, 2.75) is 6.54 Å². The van der Waals surface area contributed by atoms with Gasteiger partial charge in [-0.1, -0.05) is 18.2 Å². The summed E-state index contributed by atoms with van der Waals surface area (Å²) in [5.41, 5.74) is 1.28. The third kappa shape index (κ3) is 1.77. The van der Waals surface area contributed by atoms with E-state index in [1.54, 1.807) is 11.3 Å². The van der Waals surface area contributed by atoms with E-state index in [9.17, 15) is 0 Å². The number of nitrogens with zero attached hydrogens (tertiary/aromatic N) is 1. The highest BCUT2D eigenvalue weighted by Gasteiger charge is 2.01. The molecule has 1 aromatic heterocycles. The average molecular weight is 202 g/mol. The molecule has 2 nitrogen and oxygen atoms in total. The lowest BCUT2D eigenvalue weighted by Crippen LogP contribution is -2.12. The number of nitrogens with one attached hydrogen (secondary N) is 1. The molecule has 0 unspecified atom stereocenters. The summed E-state index contributed by atoms with van der Waals surface area (Å²) in [5, 5.41) is 14.9. The van der Waals surface area contributed by atoms with E-state index in [1.165, 1.54) is 15.6 Å². The summed E-state index contributed by atoms with van der Waals surface area (Å²) in [6.07, 6.45) is 0. The van der Waals surface area contributed by atoms with Crippen LogP contribution in [0.2, 0.25) is 0 Å². The second-order valence-electron chi connectivity index (χ2n) is 3.02. The molecule has 2 aromatic rings. The van der Waals surface area contributed by atoms with Gasteiger partial charge >= 0.3 is 0 Å². The zero-order chi connectivity index (χ0) is 9.80. The van der Waals surface area contributed by atoms with Crippen LogP contribution >= 0.6 is 11.3 Å². The van der Waals surface area contributed by atoms with Gasteiger partial charge in [0.25, 0.3) is 0 Å². The molecule has 0 radical (unpaired) electrons. The van der Waals surface area contributed by atoms with Gasteiger partial charge in [0, 0.05) is 11.2 Å². The summed E-state index contributed by atoms with van der Waals surface area (Å²) < 4.78 is 1.31. The third-order valence-electron chi connectivity index (χ3n) is 2.08. The monoisotopic (exact) mass is 202 g/mol. The van der Waals surface area contributed by atoms with Crippen LogP contribution in [0, 0.1) is 11.3 Å². The smallest absolute Gasteiger partial charge is 0.0843 e. The average Bonchev–Trinajstić information content (AvgIpc) is 2.63. The van der Waals surface area contributed by atoms with Crippen molar-refractivity contribution in [2.75, 3.05) is 6.54 Å². The molecule has 0 fully saturated rings. The molecule has 0 atom stereocenters. The maximum absolute atomic E-state index is 8.40. The van der Waals surface area contributed by atoms with Crippen LogP contribution in [0.4, 0.5) is 0 Å². The van der Waals surface area contributed by atoms with Crippen molar-refractivity contribution in [1.29, 1.82) is 5.26 Å².